The molecule has 3 aromatic rings. The number of likely N-dealkylation sites (tertiary alicyclic amines) is 1. The zero-order chi connectivity index (χ0) is 17.9. The van der Waals surface area contributed by atoms with E-state index in [1.165, 1.54) is 16.9 Å². The van der Waals surface area contributed by atoms with Crippen LogP contribution in [0.3, 0.4) is 0 Å². The Morgan fingerprint density at radius 2 is 2.08 bits per heavy atom. The molecule has 0 aliphatic carbocycles. The van der Waals surface area contributed by atoms with E-state index in [0.717, 1.165) is 30.6 Å². The van der Waals surface area contributed by atoms with Crippen molar-refractivity contribution in [2.24, 2.45) is 0 Å². The van der Waals surface area contributed by atoms with Crippen molar-refractivity contribution in [1.82, 2.24) is 14.5 Å². The molecule has 5 nitrogen and oxygen atoms in total. The Morgan fingerprint density at radius 3 is 2.92 bits per heavy atom. The van der Waals surface area contributed by atoms with Crippen LogP contribution in [0.1, 0.15) is 24.8 Å². The fourth-order valence-corrected chi connectivity index (χ4v) is 4.40. The van der Waals surface area contributed by atoms with Crippen LogP contribution < -0.4 is 5.56 Å². The summed E-state index contributed by atoms with van der Waals surface area (Å²) in [6.07, 6.45) is 4.88. The van der Waals surface area contributed by atoms with Crippen molar-refractivity contribution in [2.45, 2.75) is 38.3 Å². The maximum atomic E-state index is 12.7. The number of thiophene rings is 1. The number of hydrogen-bond acceptors (Lipinski definition) is 4. The number of fused-ring (bicyclic) bond motifs is 1. The summed E-state index contributed by atoms with van der Waals surface area (Å²) in [6, 6.07) is 12.4. The Kier molecular flexibility index (Phi) is 4.84. The Hall–Kier alpha value is -2.47. The Bertz CT molecular complexity index is 964. The molecule has 26 heavy (non-hydrogen) atoms. The van der Waals surface area contributed by atoms with Crippen LogP contribution in [-0.2, 0) is 17.8 Å². The van der Waals surface area contributed by atoms with E-state index in [0.29, 0.717) is 18.4 Å². The largest absolute Gasteiger partial charge is 0.339 e. The van der Waals surface area contributed by atoms with Gasteiger partial charge in [0.05, 0.1) is 11.7 Å². The van der Waals surface area contributed by atoms with Gasteiger partial charge in [-0.1, -0.05) is 30.3 Å². The third-order valence-corrected chi connectivity index (χ3v) is 5.85. The molecule has 134 valence electrons. The summed E-state index contributed by atoms with van der Waals surface area (Å²) in [5.41, 5.74) is 1.20. The van der Waals surface area contributed by atoms with Gasteiger partial charge in [0.2, 0.25) is 5.91 Å². The van der Waals surface area contributed by atoms with E-state index in [4.69, 9.17) is 0 Å². The number of aromatic nitrogens is 2. The lowest BCUT2D eigenvalue weighted by molar-refractivity contribution is -0.132. The lowest BCUT2D eigenvalue weighted by atomic mass is 10.0. The summed E-state index contributed by atoms with van der Waals surface area (Å²) >= 11 is 1.46. The first-order chi connectivity index (χ1) is 12.7. The quantitative estimate of drug-likeness (QED) is 0.696. The molecule has 1 aliphatic heterocycles. The first kappa shape index (κ1) is 17.0. The van der Waals surface area contributed by atoms with Gasteiger partial charge in [0, 0.05) is 25.6 Å². The maximum Gasteiger partial charge on any atom is 0.262 e. The molecule has 1 fully saturated rings. The van der Waals surface area contributed by atoms with Gasteiger partial charge in [0.25, 0.3) is 5.56 Å². The molecule has 1 aliphatic rings. The molecule has 0 radical (unpaired) electrons. The van der Waals surface area contributed by atoms with E-state index in [1.54, 1.807) is 17.0 Å². The lowest BCUT2D eigenvalue weighted by Gasteiger charge is -2.25. The molecule has 1 atom stereocenters. The second-order valence-electron chi connectivity index (χ2n) is 6.71. The smallest absolute Gasteiger partial charge is 0.262 e. The first-order valence-corrected chi connectivity index (χ1v) is 9.86. The second kappa shape index (κ2) is 7.41. The van der Waals surface area contributed by atoms with E-state index in [1.807, 2.05) is 28.5 Å². The van der Waals surface area contributed by atoms with Crippen molar-refractivity contribution in [3.8, 4) is 0 Å². The van der Waals surface area contributed by atoms with Gasteiger partial charge in [0.1, 0.15) is 4.83 Å². The van der Waals surface area contributed by atoms with Crippen molar-refractivity contribution in [3.05, 3.63) is 64.0 Å². The van der Waals surface area contributed by atoms with Crippen LogP contribution in [-0.4, -0.2) is 32.9 Å². The minimum atomic E-state index is -0.0636. The molecule has 0 N–H and O–H groups in total. The van der Waals surface area contributed by atoms with Crippen molar-refractivity contribution < 1.29 is 4.79 Å². The van der Waals surface area contributed by atoms with Gasteiger partial charge in [-0.05, 0) is 36.3 Å². The van der Waals surface area contributed by atoms with E-state index < -0.39 is 0 Å². The zero-order valence-corrected chi connectivity index (χ0v) is 15.3. The predicted octanol–water partition coefficient (Wildman–Crippen LogP) is 3.08. The van der Waals surface area contributed by atoms with Gasteiger partial charge in [-0.2, -0.15) is 0 Å². The molecule has 0 spiro atoms. The van der Waals surface area contributed by atoms with Gasteiger partial charge in [-0.25, -0.2) is 4.98 Å². The van der Waals surface area contributed by atoms with E-state index in [9.17, 15) is 9.59 Å². The molecule has 0 saturated carbocycles. The van der Waals surface area contributed by atoms with Crippen molar-refractivity contribution in [2.75, 3.05) is 6.54 Å². The second-order valence-corrected chi connectivity index (χ2v) is 7.60. The van der Waals surface area contributed by atoms with E-state index in [2.05, 4.69) is 17.1 Å². The molecule has 6 heteroatoms. The van der Waals surface area contributed by atoms with Crippen LogP contribution >= 0.6 is 11.3 Å². The van der Waals surface area contributed by atoms with Gasteiger partial charge in [-0.3, -0.25) is 14.2 Å². The molecule has 1 saturated heterocycles. The monoisotopic (exact) mass is 367 g/mol. The van der Waals surface area contributed by atoms with Crippen LogP contribution in [0.5, 0.6) is 0 Å². The van der Waals surface area contributed by atoms with Crippen LogP contribution in [0.25, 0.3) is 10.2 Å². The minimum Gasteiger partial charge on any atom is -0.339 e. The summed E-state index contributed by atoms with van der Waals surface area (Å²) < 4.78 is 1.55. The molecule has 3 heterocycles. The van der Waals surface area contributed by atoms with Gasteiger partial charge in [0.15, 0.2) is 0 Å². The number of amides is 1. The van der Waals surface area contributed by atoms with Crippen LogP contribution in [0.2, 0.25) is 0 Å². The van der Waals surface area contributed by atoms with Gasteiger partial charge < -0.3 is 4.90 Å². The van der Waals surface area contributed by atoms with Crippen molar-refractivity contribution in [3.63, 3.8) is 0 Å². The predicted molar refractivity (Wildman–Crippen MR) is 103 cm³/mol. The third kappa shape index (κ3) is 3.42. The molecular formula is C20H21N3O2S. The highest BCUT2D eigenvalue weighted by molar-refractivity contribution is 7.16. The molecule has 1 amide bonds. The summed E-state index contributed by atoms with van der Waals surface area (Å²) in [7, 11) is 0. The fraction of sp³-hybridized carbons (Fsp3) is 0.350. The van der Waals surface area contributed by atoms with Crippen molar-refractivity contribution in [1.29, 1.82) is 0 Å². The topological polar surface area (TPSA) is 55.2 Å². The highest BCUT2D eigenvalue weighted by atomic mass is 32.1. The van der Waals surface area contributed by atoms with E-state index >= 15 is 0 Å². The molecule has 4 rings (SSSR count). The number of benzene rings is 1. The number of nitrogens with zero attached hydrogens (tertiary/aromatic N) is 3. The number of rotatable bonds is 5. The van der Waals surface area contributed by atoms with Crippen LogP contribution in [0.15, 0.2) is 52.9 Å². The highest BCUT2D eigenvalue weighted by Gasteiger charge is 2.28. The first-order valence-electron chi connectivity index (χ1n) is 8.98. The average molecular weight is 367 g/mol. The Balaban J connectivity index is 1.42. The number of aryl methyl sites for hydroxylation is 1. The standard InChI is InChI=1S/C20H21N3O2S/c24-18(8-11-22-14-21-19-17(20(22)25)9-12-26-19)23-10-4-7-16(23)13-15-5-2-1-3-6-15/h1-3,5-6,9,12,14,16H,4,7-8,10-11,13H2. The summed E-state index contributed by atoms with van der Waals surface area (Å²) in [6.45, 7) is 1.19. The van der Waals surface area contributed by atoms with Crippen molar-refractivity contribution >= 4 is 27.5 Å². The maximum absolute atomic E-state index is 12.7. The molecular weight excluding hydrogens is 346 g/mol. The lowest BCUT2D eigenvalue weighted by Crippen LogP contribution is -2.37. The average Bonchev–Trinajstić information content (AvgIpc) is 3.31. The molecule has 2 aromatic heterocycles. The minimum absolute atomic E-state index is 0.0636. The van der Waals surface area contributed by atoms with Crippen LogP contribution in [0.4, 0.5) is 0 Å². The van der Waals surface area contributed by atoms with E-state index in [-0.39, 0.29) is 17.5 Å². The van der Waals surface area contributed by atoms with Gasteiger partial charge >= 0.3 is 0 Å². The SMILES string of the molecule is O=C(CCn1cnc2sccc2c1=O)N1CCCC1Cc1ccccc1. The zero-order valence-electron chi connectivity index (χ0n) is 14.5. The van der Waals surface area contributed by atoms with Gasteiger partial charge in [-0.15, -0.1) is 11.3 Å². The fourth-order valence-electron chi connectivity index (χ4n) is 3.67. The summed E-state index contributed by atoms with van der Waals surface area (Å²) in [5.74, 6) is 0.126. The number of carbonyl (C=O) groups excluding carboxylic acids is 1. The molecule has 1 aromatic carbocycles. The molecule has 1 unspecified atom stereocenters. The number of hydrogen-bond donors (Lipinski definition) is 0. The normalized spacial score (nSPS) is 17.1. The Labute approximate surface area is 155 Å². The number of carbonyl (C=O) groups is 1. The summed E-state index contributed by atoms with van der Waals surface area (Å²) in [4.78, 5) is 32.2. The molecule has 0 bridgehead atoms. The highest BCUT2D eigenvalue weighted by Crippen LogP contribution is 2.22. The van der Waals surface area contributed by atoms with Crippen LogP contribution in [0, 0.1) is 0 Å². The summed E-state index contributed by atoms with van der Waals surface area (Å²) in [5, 5.41) is 2.50. The third-order valence-electron chi connectivity index (χ3n) is 5.03. The Morgan fingerprint density at radius 1 is 1.23 bits per heavy atom.